The van der Waals surface area contributed by atoms with Crippen LogP contribution in [0.3, 0.4) is 0 Å². The summed E-state index contributed by atoms with van der Waals surface area (Å²) in [6, 6.07) is 6.63. The maximum Gasteiger partial charge on any atom is 0.216 e. The van der Waals surface area contributed by atoms with Crippen molar-refractivity contribution in [3.05, 3.63) is 34.9 Å². The topological polar surface area (TPSA) is 21.6 Å². The molecule has 0 saturated heterocycles. The summed E-state index contributed by atoms with van der Waals surface area (Å²) in [6.07, 6.45) is 1.11. The number of rotatable bonds is 3. The molecule has 1 atom stereocenters. The van der Waals surface area contributed by atoms with E-state index in [1.165, 1.54) is 11.1 Å². The fraction of sp³-hybridized carbons (Fsp3) is 0.533. The first-order chi connectivity index (χ1) is 8.08. The summed E-state index contributed by atoms with van der Waals surface area (Å²) in [5.74, 6) is 1.50. The normalized spacial score (nSPS) is 19.4. The minimum absolute atomic E-state index is 0.338. The van der Waals surface area contributed by atoms with Crippen molar-refractivity contribution in [2.24, 2.45) is 10.9 Å². The van der Waals surface area contributed by atoms with E-state index < -0.39 is 0 Å². The van der Waals surface area contributed by atoms with Gasteiger partial charge in [-0.05, 0) is 43.4 Å². The third kappa shape index (κ3) is 2.68. The van der Waals surface area contributed by atoms with Gasteiger partial charge in [0.2, 0.25) is 5.90 Å². The molecule has 0 bridgehead atoms. The molecule has 2 rings (SSSR count). The first kappa shape index (κ1) is 12.2. The van der Waals surface area contributed by atoms with Gasteiger partial charge in [0.1, 0.15) is 6.61 Å². The van der Waals surface area contributed by atoms with E-state index in [-0.39, 0.29) is 0 Å². The number of aryl methyl sites for hydroxylation is 1. The molecule has 0 radical (unpaired) electrons. The number of hydrogen-bond acceptors (Lipinski definition) is 2. The van der Waals surface area contributed by atoms with Crippen molar-refractivity contribution in [3.8, 4) is 0 Å². The van der Waals surface area contributed by atoms with Gasteiger partial charge in [-0.25, -0.2) is 4.99 Å². The summed E-state index contributed by atoms with van der Waals surface area (Å²) >= 11 is 0. The average molecular weight is 231 g/mol. The van der Waals surface area contributed by atoms with Crippen molar-refractivity contribution in [1.29, 1.82) is 0 Å². The van der Waals surface area contributed by atoms with E-state index in [2.05, 4.69) is 45.9 Å². The van der Waals surface area contributed by atoms with Gasteiger partial charge in [-0.15, -0.1) is 0 Å². The highest BCUT2D eigenvalue weighted by atomic mass is 16.5. The van der Waals surface area contributed by atoms with Gasteiger partial charge in [0, 0.05) is 5.56 Å². The van der Waals surface area contributed by atoms with Gasteiger partial charge in [0.25, 0.3) is 0 Å². The van der Waals surface area contributed by atoms with Crippen LogP contribution in [-0.2, 0) is 4.74 Å². The van der Waals surface area contributed by atoms with Crippen LogP contribution in [0.1, 0.15) is 37.0 Å². The van der Waals surface area contributed by atoms with Crippen LogP contribution in [0.15, 0.2) is 23.2 Å². The Morgan fingerprint density at radius 1 is 1.35 bits per heavy atom. The van der Waals surface area contributed by atoms with Crippen LogP contribution in [0, 0.1) is 19.8 Å². The lowest BCUT2D eigenvalue weighted by Gasteiger charge is -2.07. The Kier molecular flexibility index (Phi) is 3.51. The molecule has 17 heavy (non-hydrogen) atoms. The van der Waals surface area contributed by atoms with E-state index in [1.54, 1.807) is 0 Å². The summed E-state index contributed by atoms with van der Waals surface area (Å²) in [4.78, 5) is 4.69. The Balaban J connectivity index is 2.21. The van der Waals surface area contributed by atoms with E-state index in [0.717, 1.165) is 24.5 Å². The summed E-state index contributed by atoms with van der Waals surface area (Å²) in [5.41, 5.74) is 3.72. The molecule has 0 N–H and O–H groups in total. The molecule has 0 unspecified atom stereocenters. The highest BCUT2D eigenvalue weighted by Gasteiger charge is 2.22. The zero-order valence-corrected chi connectivity index (χ0v) is 11.2. The van der Waals surface area contributed by atoms with Crippen molar-refractivity contribution >= 4 is 5.90 Å². The second-order valence-electron chi connectivity index (χ2n) is 5.28. The van der Waals surface area contributed by atoms with Gasteiger partial charge in [0.05, 0.1) is 6.04 Å². The Labute approximate surface area is 104 Å². The molecule has 1 aliphatic rings. The number of aliphatic imine (C=N–C) groups is 1. The fourth-order valence-corrected chi connectivity index (χ4v) is 2.21. The third-order valence-corrected chi connectivity index (χ3v) is 3.29. The van der Waals surface area contributed by atoms with Crippen LogP contribution in [-0.4, -0.2) is 18.5 Å². The highest BCUT2D eigenvalue weighted by molar-refractivity contribution is 5.96. The van der Waals surface area contributed by atoms with Crippen molar-refractivity contribution in [1.82, 2.24) is 0 Å². The molecular weight excluding hydrogens is 210 g/mol. The molecule has 1 aliphatic heterocycles. The van der Waals surface area contributed by atoms with Gasteiger partial charge in [-0.2, -0.15) is 0 Å². The summed E-state index contributed by atoms with van der Waals surface area (Å²) in [6.45, 7) is 9.45. The molecular formula is C15H21NO. The lowest BCUT2D eigenvalue weighted by Crippen LogP contribution is -2.09. The Morgan fingerprint density at radius 2 is 2.12 bits per heavy atom. The maximum atomic E-state index is 5.74. The van der Waals surface area contributed by atoms with Crippen LogP contribution in [0.5, 0.6) is 0 Å². The molecule has 2 heteroatoms. The van der Waals surface area contributed by atoms with E-state index >= 15 is 0 Å². The molecule has 0 aliphatic carbocycles. The van der Waals surface area contributed by atoms with E-state index in [0.29, 0.717) is 12.0 Å². The zero-order chi connectivity index (χ0) is 12.4. The van der Waals surface area contributed by atoms with Crippen molar-refractivity contribution < 1.29 is 4.74 Å². The Bertz CT molecular complexity index is 435. The lowest BCUT2D eigenvalue weighted by atomic mass is 10.0. The molecule has 0 fully saturated rings. The SMILES string of the molecule is Cc1cccc(C2=N[C@@H](CC(C)C)CO2)c1C. The van der Waals surface area contributed by atoms with Crippen LogP contribution < -0.4 is 0 Å². The largest absolute Gasteiger partial charge is 0.475 e. The van der Waals surface area contributed by atoms with Crippen molar-refractivity contribution in [2.45, 2.75) is 40.2 Å². The van der Waals surface area contributed by atoms with Crippen LogP contribution >= 0.6 is 0 Å². The zero-order valence-electron chi connectivity index (χ0n) is 11.2. The first-order valence-corrected chi connectivity index (χ1v) is 6.35. The monoisotopic (exact) mass is 231 g/mol. The minimum Gasteiger partial charge on any atom is -0.475 e. The number of ether oxygens (including phenoxy) is 1. The van der Waals surface area contributed by atoms with Gasteiger partial charge in [0.15, 0.2) is 0 Å². The van der Waals surface area contributed by atoms with Gasteiger partial charge >= 0.3 is 0 Å². The molecule has 0 aromatic heterocycles. The van der Waals surface area contributed by atoms with Gasteiger partial charge in [-0.3, -0.25) is 0 Å². The van der Waals surface area contributed by atoms with E-state index in [9.17, 15) is 0 Å². The highest BCUT2D eigenvalue weighted by Crippen LogP contribution is 2.21. The number of nitrogens with zero attached hydrogens (tertiary/aromatic N) is 1. The minimum atomic E-state index is 0.338. The summed E-state index contributed by atoms with van der Waals surface area (Å²) < 4.78 is 5.74. The van der Waals surface area contributed by atoms with Gasteiger partial charge in [-0.1, -0.05) is 26.0 Å². The van der Waals surface area contributed by atoms with E-state index in [1.807, 2.05) is 0 Å². The molecule has 0 amide bonds. The maximum absolute atomic E-state index is 5.74. The fourth-order valence-electron chi connectivity index (χ4n) is 2.21. The number of benzene rings is 1. The van der Waals surface area contributed by atoms with Crippen LogP contribution in [0.4, 0.5) is 0 Å². The predicted octanol–water partition coefficient (Wildman–Crippen LogP) is 3.49. The quantitative estimate of drug-likeness (QED) is 0.780. The van der Waals surface area contributed by atoms with Crippen molar-refractivity contribution in [2.75, 3.05) is 6.61 Å². The molecule has 0 spiro atoms. The Hall–Kier alpha value is -1.31. The number of hydrogen-bond donors (Lipinski definition) is 0. The summed E-state index contributed by atoms with van der Waals surface area (Å²) in [5, 5.41) is 0. The van der Waals surface area contributed by atoms with Crippen molar-refractivity contribution in [3.63, 3.8) is 0 Å². The first-order valence-electron chi connectivity index (χ1n) is 6.35. The molecule has 2 nitrogen and oxygen atoms in total. The molecule has 1 aromatic rings. The smallest absolute Gasteiger partial charge is 0.216 e. The Morgan fingerprint density at radius 3 is 2.82 bits per heavy atom. The second kappa shape index (κ2) is 4.91. The predicted molar refractivity (Wildman–Crippen MR) is 71.6 cm³/mol. The molecule has 1 heterocycles. The van der Waals surface area contributed by atoms with E-state index in [4.69, 9.17) is 9.73 Å². The average Bonchev–Trinajstić information content (AvgIpc) is 2.69. The van der Waals surface area contributed by atoms with Crippen LogP contribution in [0.25, 0.3) is 0 Å². The standard InChI is InChI=1S/C15H21NO/c1-10(2)8-13-9-17-15(16-13)14-7-5-6-11(3)12(14)4/h5-7,10,13H,8-9H2,1-4H3/t13-/m0/s1. The van der Waals surface area contributed by atoms with Gasteiger partial charge < -0.3 is 4.74 Å². The van der Waals surface area contributed by atoms with Crippen LogP contribution in [0.2, 0.25) is 0 Å². The lowest BCUT2D eigenvalue weighted by molar-refractivity contribution is 0.301. The summed E-state index contributed by atoms with van der Waals surface area (Å²) in [7, 11) is 0. The third-order valence-electron chi connectivity index (χ3n) is 3.29. The molecule has 0 saturated carbocycles. The second-order valence-corrected chi connectivity index (χ2v) is 5.28. The molecule has 92 valence electrons. The molecule has 1 aromatic carbocycles.